The van der Waals surface area contributed by atoms with Gasteiger partial charge in [0.25, 0.3) is 0 Å². The Kier molecular flexibility index (Phi) is 3.80. The van der Waals surface area contributed by atoms with E-state index >= 15 is 0 Å². The van der Waals surface area contributed by atoms with Crippen molar-refractivity contribution in [3.63, 3.8) is 0 Å². The summed E-state index contributed by atoms with van der Waals surface area (Å²) >= 11 is 5.66. The van der Waals surface area contributed by atoms with Gasteiger partial charge in [0, 0.05) is 6.42 Å². The normalized spacial score (nSPS) is 11.3. The predicted molar refractivity (Wildman–Crippen MR) is 52.8 cm³/mol. The van der Waals surface area contributed by atoms with E-state index in [-0.39, 0.29) is 17.0 Å². The lowest BCUT2D eigenvalue weighted by atomic mass is 10.1. The Balaban J connectivity index is 3.18. The summed E-state index contributed by atoms with van der Waals surface area (Å²) < 4.78 is 39.9. The Morgan fingerprint density at radius 1 is 1.44 bits per heavy atom. The molecule has 2 nitrogen and oxygen atoms in total. The van der Waals surface area contributed by atoms with Crippen molar-refractivity contribution < 1.29 is 22.7 Å². The molecule has 0 atom stereocenters. The molecule has 0 bridgehead atoms. The summed E-state index contributed by atoms with van der Waals surface area (Å²) in [7, 11) is 0. The van der Waals surface area contributed by atoms with E-state index in [4.69, 9.17) is 11.6 Å². The number of ether oxygens (including phenoxy) is 1. The lowest BCUT2D eigenvalue weighted by molar-refractivity contribution is -0.274. The zero-order valence-electron chi connectivity index (χ0n) is 8.27. The average Bonchev–Trinajstić information content (AvgIpc) is 2.14. The van der Waals surface area contributed by atoms with Crippen molar-refractivity contribution in [2.24, 2.45) is 0 Å². The van der Waals surface area contributed by atoms with Crippen LogP contribution in [-0.2, 0) is 0 Å². The van der Waals surface area contributed by atoms with E-state index in [1.807, 2.05) is 0 Å². The Bertz CT molecular complexity index is 402. The Morgan fingerprint density at radius 2 is 2.06 bits per heavy atom. The summed E-state index contributed by atoms with van der Waals surface area (Å²) in [6.45, 7) is 1.53. The van der Waals surface area contributed by atoms with Crippen molar-refractivity contribution in [1.82, 2.24) is 0 Å². The van der Waals surface area contributed by atoms with Crippen LogP contribution >= 0.6 is 11.6 Å². The van der Waals surface area contributed by atoms with Crippen LogP contribution in [0.5, 0.6) is 5.75 Å². The van der Waals surface area contributed by atoms with Gasteiger partial charge in [0.15, 0.2) is 5.78 Å². The second kappa shape index (κ2) is 4.74. The topological polar surface area (TPSA) is 26.3 Å². The monoisotopic (exact) mass is 252 g/mol. The Morgan fingerprint density at radius 3 is 2.56 bits per heavy atom. The molecule has 0 unspecified atom stereocenters. The number of alkyl halides is 3. The van der Waals surface area contributed by atoms with Crippen LogP contribution in [0, 0.1) is 0 Å². The molecule has 0 aliphatic heterocycles. The SMILES string of the molecule is CCC(=O)c1c(Cl)cccc1OC(F)(F)F. The lowest BCUT2D eigenvalue weighted by Gasteiger charge is -2.13. The fourth-order valence-corrected chi connectivity index (χ4v) is 1.43. The van der Waals surface area contributed by atoms with Crippen molar-refractivity contribution in [2.75, 3.05) is 0 Å². The highest BCUT2D eigenvalue weighted by atomic mass is 35.5. The van der Waals surface area contributed by atoms with Crippen molar-refractivity contribution in [1.29, 1.82) is 0 Å². The number of ketones is 1. The molecular weight excluding hydrogens is 245 g/mol. The number of carbonyl (C=O) groups is 1. The van der Waals surface area contributed by atoms with Crippen LogP contribution in [0.25, 0.3) is 0 Å². The number of carbonyl (C=O) groups excluding carboxylic acids is 1. The van der Waals surface area contributed by atoms with Gasteiger partial charge in [-0.3, -0.25) is 4.79 Å². The molecule has 0 aliphatic carbocycles. The highest BCUT2D eigenvalue weighted by Gasteiger charge is 2.33. The molecule has 0 saturated heterocycles. The largest absolute Gasteiger partial charge is 0.573 e. The number of hydrogen-bond donors (Lipinski definition) is 0. The fourth-order valence-electron chi connectivity index (χ4n) is 1.16. The third-order valence-corrected chi connectivity index (χ3v) is 2.12. The summed E-state index contributed by atoms with van der Waals surface area (Å²) in [4.78, 5) is 11.4. The van der Waals surface area contributed by atoms with E-state index in [1.165, 1.54) is 19.1 Å². The van der Waals surface area contributed by atoms with Gasteiger partial charge in [-0.15, -0.1) is 13.2 Å². The van der Waals surface area contributed by atoms with Crippen molar-refractivity contribution in [3.05, 3.63) is 28.8 Å². The molecule has 0 heterocycles. The lowest BCUT2D eigenvalue weighted by Crippen LogP contribution is -2.19. The third kappa shape index (κ3) is 3.13. The van der Waals surface area contributed by atoms with Gasteiger partial charge in [0.1, 0.15) is 5.75 Å². The van der Waals surface area contributed by atoms with Gasteiger partial charge in [0.05, 0.1) is 10.6 Å². The van der Waals surface area contributed by atoms with Gasteiger partial charge < -0.3 is 4.74 Å². The van der Waals surface area contributed by atoms with Gasteiger partial charge in [-0.05, 0) is 12.1 Å². The summed E-state index contributed by atoms with van der Waals surface area (Å²) in [6, 6.07) is 3.69. The molecule has 0 amide bonds. The zero-order chi connectivity index (χ0) is 12.3. The second-order valence-corrected chi connectivity index (χ2v) is 3.34. The standard InChI is InChI=1S/C10H8ClF3O2/c1-2-7(15)9-6(11)4-3-5-8(9)16-10(12,13)14/h3-5H,2H2,1H3. The first kappa shape index (κ1) is 12.8. The number of hydrogen-bond acceptors (Lipinski definition) is 2. The molecule has 1 aromatic rings. The smallest absolute Gasteiger partial charge is 0.405 e. The minimum Gasteiger partial charge on any atom is -0.405 e. The third-order valence-electron chi connectivity index (χ3n) is 1.80. The summed E-state index contributed by atoms with van der Waals surface area (Å²) in [5, 5.41) is -0.0476. The molecule has 0 N–H and O–H groups in total. The first-order valence-electron chi connectivity index (χ1n) is 4.42. The van der Waals surface area contributed by atoms with Gasteiger partial charge in [0.2, 0.25) is 0 Å². The van der Waals surface area contributed by atoms with E-state index in [0.29, 0.717) is 0 Å². The molecule has 1 aromatic carbocycles. The van der Waals surface area contributed by atoms with Crippen LogP contribution in [0.15, 0.2) is 18.2 Å². The molecule has 0 aromatic heterocycles. The molecule has 0 aliphatic rings. The maximum Gasteiger partial charge on any atom is 0.573 e. The van der Waals surface area contributed by atoms with Gasteiger partial charge in [-0.2, -0.15) is 0 Å². The van der Waals surface area contributed by atoms with E-state index in [0.717, 1.165) is 6.07 Å². The predicted octanol–water partition coefficient (Wildman–Crippen LogP) is 3.83. The van der Waals surface area contributed by atoms with Gasteiger partial charge in [-0.1, -0.05) is 24.6 Å². The Hall–Kier alpha value is -1.23. The minimum atomic E-state index is -4.84. The molecule has 0 fully saturated rings. The van der Waals surface area contributed by atoms with Crippen LogP contribution in [0.1, 0.15) is 23.7 Å². The van der Waals surface area contributed by atoms with Crippen LogP contribution in [0.2, 0.25) is 5.02 Å². The first-order chi connectivity index (χ1) is 7.35. The minimum absolute atomic E-state index is 0.0476. The van der Waals surface area contributed by atoms with E-state index in [1.54, 1.807) is 0 Å². The maximum atomic E-state index is 12.0. The highest BCUT2D eigenvalue weighted by molar-refractivity contribution is 6.34. The van der Waals surface area contributed by atoms with Crippen LogP contribution < -0.4 is 4.74 Å². The van der Waals surface area contributed by atoms with Crippen molar-refractivity contribution in [3.8, 4) is 5.75 Å². The van der Waals surface area contributed by atoms with Crippen LogP contribution in [0.4, 0.5) is 13.2 Å². The van der Waals surface area contributed by atoms with Crippen LogP contribution in [-0.4, -0.2) is 12.1 Å². The van der Waals surface area contributed by atoms with Gasteiger partial charge >= 0.3 is 6.36 Å². The maximum absolute atomic E-state index is 12.0. The van der Waals surface area contributed by atoms with Crippen molar-refractivity contribution in [2.45, 2.75) is 19.7 Å². The molecule has 88 valence electrons. The highest BCUT2D eigenvalue weighted by Crippen LogP contribution is 2.31. The molecule has 0 spiro atoms. The first-order valence-corrected chi connectivity index (χ1v) is 4.80. The van der Waals surface area contributed by atoms with Crippen molar-refractivity contribution >= 4 is 17.4 Å². The molecule has 1 rings (SSSR count). The number of halogens is 4. The summed E-state index contributed by atoms with van der Waals surface area (Å²) in [5.74, 6) is -1.06. The second-order valence-electron chi connectivity index (χ2n) is 2.94. The number of Topliss-reactive ketones (excluding diaryl/α,β-unsaturated/α-hetero) is 1. The van der Waals surface area contributed by atoms with Gasteiger partial charge in [-0.25, -0.2) is 0 Å². The zero-order valence-corrected chi connectivity index (χ0v) is 9.02. The molecule has 0 saturated carbocycles. The van der Waals surface area contributed by atoms with E-state index < -0.39 is 17.9 Å². The average molecular weight is 253 g/mol. The van der Waals surface area contributed by atoms with E-state index in [2.05, 4.69) is 4.74 Å². The van der Waals surface area contributed by atoms with Crippen LogP contribution in [0.3, 0.4) is 0 Å². The molecule has 16 heavy (non-hydrogen) atoms. The quantitative estimate of drug-likeness (QED) is 0.764. The summed E-state index contributed by atoms with van der Waals surface area (Å²) in [6.07, 6.45) is -4.79. The number of benzene rings is 1. The van der Waals surface area contributed by atoms with E-state index in [9.17, 15) is 18.0 Å². The molecule has 6 heteroatoms. The summed E-state index contributed by atoms with van der Waals surface area (Å²) in [5.41, 5.74) is -0.232. The number of rotatable bonds is 3. The molecule has 0 radical (unpaired) electrons. The Labute approximate surface area is 95.0 Å². The fraction of sp³-hybridized carbons (Fsp3) is 0.300. The molecular formula is C10H8ClF3O2.